The van der Waals surface area contributed by atoms with Gasteiger partial charge in [-0.3, -0.25) is 0 Å². The van der Waals surface area contributed by atoms with Crippen LogP contribution in [0.5, 0.6) is 11.6 Å². The van der Waals surface area contributed by atoms with Crippen molar-refractivity contribution in [1.29, 1.82) is 0 Å². The van der Waals surface area contributed by atoms with E-state index in [9.17, 15) is 13.2 Å². The van der Waals surface area contributed by atoms with Crippen LogP contribution in [0.15, 0.2) is 30.5 Å². The maximum Gasteiger partial charge on any atom is 0.423 e. The Morgan fingerprint density at radius 1 is 1.08 bits per heavy atom. The van der Waals surface area contributed by atoms with Gasteiger partial charge in [0.15, 0.2) is 0 Å². The van der Waals surface area contributed by atoms with E-state index in [4.69, 9.17) is 9.47 Å². The lowest BCUT2D eigenvalue weighted by atomic mass is 10.2. The summed E-state index contributed by atoms with van der Waals surface area (Å²) in [5.74, 6) is 0.225. The van der Waals surface area contributed by atoms with Crippen molar-refractivity contribution in [3.63, 3.8) is 0 Å². The van der Waals surface area contributed by atoms with Gasteiger partial charge in [-0.2, -0.15) is 18.2 Å². The standard InChI is InChI=1S/C18H22F3N3O2/c1-3-4-5-6-11-26-14-9-7-13(8-10-14)23-17-22-12-15(18(19,20)21)16(24-17)25-2/h7-10,12H,3-6,11H2,1-2H3,(H,22,23,24). The van der Waals surface area contributed by atoms with Gasteiger partial charge in [-0.1, -0.05) is 26.2 Å². The van der Waals surface area contributed by atoms with Gasteiger partial charge in [-0.15, -0.1) is 0 Å². The minimum absolute atomic E-state index is 0.0167. The van der Waals surface area contributed by atoms with Crippen molar-refractivity contribution in [1.82, 2.24) is 9.97 Å². The molecular formula is C18H22F3N3O2. The number of benzene rings is 1. The summed E-state index contributed by atoms with van der Waals surface area (Å²) in [7, 11) is 1.13. The van der Waals surface area contributed by atoms with Crippen molar-refractivity contribution in [2.75, 3.05) is 19.0 Å². The van der Waals surface area contributed by atoms with E-state index in [1.807, 2.05) is 0 Å². The average molecular weight is 369 g/mol. The molecule has 2 rings (SSSR count). The first-order valence-corrected chi connectivity index (χ1v) is 8.42. The Kier molecular flexibility index (Phi) is 7.06. The predicted octanol–water partition coefficient (Wildman–Crippen LogP) is 5.21. The smallest absolute Gasteiger partial charge is 0.423 e. The molecule has 0 atom stereocenters. The zero-order valence-corrected chi connectivity index (χ0v) is 14.8. The highest BCUT2D eigenvalue weighted by Crippen LogP contribution is 2.35. The van der Waals surface area contributed by atoms with Gasteiger partial charge in [0, 0.05) is 11.9 Å². The lowest BCUT2D eigenvalue weighted by Gasteiger charge is -2.12. The third kappa shape index (κ3) is 5.79. The SMILES string of the molecule is CCCCCCOc1ccc(Nc2ncc(C(F)(F)F)c(OC)n2)cc1. The highest BCUT2D eigenvalue weighted by molar-refractivity contribution is 5.55. The number of unbranched alkanes of at least 4 members (excludes halogenated alkanes) is 3. The molecule has 0 fully saturated rings. The summed E-state index contributed by atoms with van der Waals surface area (Å²) in [6.45, 7) is 2.81. The van der Waals surface area contributed by atoms with Crippen LogP contribution in [0.2, 0.25) is 0 Å². The fourth-order valence-electron chi connectivity index (χ4n) is 2.26. The molecule has 1 N–H and O–H groups in total. The second-order valence-electron chi connectivity index (χ2n) is 5.67. The molecule has 0 amide bonds. The number of ether oxygens (including phenoxy) is 2. The summed E-state index contributed by atoms with van der Waals surface area (Å²) in [4.78, 5) is 7.45. The average Bonchev–Trinajstić information content (AvgIpc) is 2.62. The molecule has 0 aliphatic carbocycles. The third-order valence-corrected chi connectivity index (χ3v) is 3.63. The van der Waals surface area contributed by atoms with Crippen LogP contribution < -0.4 is 14.8 Å². The van der Waals surface area contributed by atoms with E-state index in [0.29, 0.717) is 18.5 Å². The Balaban J connectivity index is 1.96. The van der Waals surface area contributed by atoms with Crippen LogP contribution in [0, 0.1) is 0 Å². The summed E-state index contributed by atoms with van der Waals surface area (Å²) in [5.41, 5.74) is -0.387. The maximum atomic E-state index is 12.8. The lowest BCUT2D eigenvalue weighted by Crippen LogP contribution is -2.11. The van der Waals surface area contributed by atoms with Crippen LogP contribution in [0.1, 0.15) is 38.2 Å². The minimum Gasteiger partial charge on any atom is -0.494 e. The van der Waals surface area contributed by atoms with Crippen LogP contribution in [-0.4, -0.2) is 23.7 Å². The molecule has 142 valence electrons. The Labute approximate surface area is 150 Å². The normalized spacial score (nSPS) is 11.3. The second kappa shape index (κ2) is 9.26. The van der Waals surface area contributed by atoms with E-state index in [1.54, 1.807) is 24.3 Å². The number of hydrogen-bond donors (Lipinski definition) is 1. The summed E-state index contributed by atoms with van der Waals surface area (Å²) in [6.07, 6.45) is 0.651. The number of rotatable bonds is 9. The van der Waals surface area contributed by atoms with Crippen LogP contribution in [0.4, 0.5) is 24.8 Å². The van der Waals surface area contributed by atoms with E-state index < -0.39 is 17.6 Å². The zero-order chi connectivity index (χ0) is 19.0. The van der Waals surface area contributed by atoms with Gasteiger partial charge in [0.05, 0.1) is 13.7 Å². The fourth-order valence-corrected chi connectivity index (χ4v) is 2.26. The van der Waals surface area contributed by atoms with Crippen molar-refractivity contribution in [3.8, 4) is 11.6 Å². The Hall–Kier alpha value is -2.51. The first-order valence-electron chi connectivity index (χ1n) is 8.42. The molecule has 1 aromatic carbocycles. The zero-order valence-electron chi connectivity index (χ0n) is 14.8. The van der Waals surface area contributed by atoms with Crippen molar-refractivity contribution >= 4 is 11.6 Å². The summed E-state index contributed by atoms with van der Waals surface area (Å²) in [5, 5.41) is 2.84. The number of hydrogen-bond acceptors (Lipinski definition) is 5. The molecule has 0 aliphatic heterocycles. The van der Waals surface area contributed by atoms with E-state index in [0.717, 1.165) is 25.7 Å². The van der Waals surface area contributed by atoms with E-state index in [-0.39, 0.29) is 5.95 Å². The van der Waals surface area contributed by atoms with Crippen LogP contribution in [-0.2, 0) is 6.18 Å². The first-order chi connectivity index (χ1) is 12.4. The topological polar surface area (TPSA) is 56.3 Å². The summed E-state index contributed by atoms with van der Waals surface area (Å²) < 4.78 is 48.8. The molecule has 1 heterocycles. The summed E-state index contributed by atoms with van der Waals surface area (Å²) >= 11 is 0. The molecule has 0 radical (unpaired) electrons. The molecule has 5 nitrogen and oxygen atoms in total. The highest BCUT2D eigenvalue weighted by Gasteiger charge is 2.36. The van der Waals surface area contributed by atoms with Gasteiger partial charge in [0.2, 0.25) is 11.8 Å². The molecule has 2 aromatic rings. The molecule has 1 aromatic heterocycles. The molecule has 26 heavy (non-hydrogen) atoms. The first kappa shape index (κ1) is 19.8. The summed E-state index contributed by atoms with van der Waals surface area (Å²) in [6, 6.07) is 7.05. The number of aromatic nitrogens is 2. The monoisotopic (exact) mass is 369 g/mol. The highest BCUT2D eigenvalue weighted by atomic mass is 19.4. The Morgan fingerprint density at radius 3 is 2.42 bits per heavy atom. The maximum absolute atomic E-state index is 12.8. The molecule has 0 bridgehead atoms. The molecule has 8 heteroatoms. The molecule has 0 saturated carbocycles. The molecule has 0 spiro atoms. The predicted molar refractivity (Wildman–Crippen MR) is 92.9 cm³/mol. The Bertz CT molecular complexity index is 691. The Morgan fingerprint density at radius 2 is 1.81 bits per heavy atom. The number of nitrogens with zero attached hydrogens (tertiary/aromatic N) is 2. The van der Waals surface area contributed by atoms with Gasteiger partial charge in [-0.25, -0.2) is 4.98 Å². The fraction of sp³-hybridized carbons (Fsp3) is 0.444. The second-order valence-corrected chi connectivity index (χ2v) is 5.67. The number of methoxy groups -OCH3 is 1. The van der Waals surface area contributed by atoms with Crippen LogP contribution >= 0.6 is 0 Å². The number of nitrogens with one attached hydrogen (secondary N) is 1. The largest absolute Gasteiger partial charge is 0.494 e. The molecule has 0 aliphatic rings. The van der Waals surface area contributed by atoms with Crippen molar-refractivity contribution in [3.05, 3.63) is 36.0 Å². The van der Waals surface area contributed by atoms with Gasteiger partial charge >= 0.3 is 6.18 Å². The van der Waals surface area contributed by atoms with Gasteiger partial charge < -0.3 is 14.8 Å². The van der Waals surface area contributed by atoms with Crippen LogP contribution in [0.25, 0.3) is 0 Å². The van der Waals surface area contributed by atoms with Crippen molar-refractivity contribution < 1.29 is 22.6 Å². The van der Waals surface area contributed by atoms with Gasteiger partial charge in [0.25, 0.3) is 0 Å². The van der Waals surface area contributed by atoms with Crippen molar-refractivity contribution in [2.45, 2.75) is 38.8 Å². The molecule has 0 saturated heterocycles. The van der Waals surface area contributed by atoms with Crippen molar-refractivity contribution in [2.24, 2.45) is 0 Å². The van der Waals surface area contributed by atoms with E-state index >= 15 is 0 Å². The van der Waals surface area contributed by atoms with Gasteiger partial charge in [-0.05, 0) is 30.7 Å². The number of anilines is 2. The minimum atomic E-state index is -4.57. The molecule has 0 unspecified atom stereocenters. The number of alkyl halides is 3. The van der Waals surface area contributed by atoms with E-state index in [1.165, 1.54) is 12.8 Å². The number of halogens is 3. The van der Waals surface area contributed by atoms with E-state index in [2.05, 4.69) is 22.2 Å². The lowest BCUT2D eigenvalue weighted by molar-refractivity contribution is -0.139. The van der Waals surface area contributed by atoms with Gasteiger partial charge in [0.1, 0.15) is 11.3 Å². The van der Waals surface area contributed by atoms with Crippen LogP contribution in [0.3, 0.4) is 0 Å². The quantitative estimate of drug-likeness (QED) is 0.615. The third-order valence-electron chi connectivity index (χ3n) is 3.63. The molecular weight excluding hydrogens is 347 g/mol.